The van der Waals surface area contributed by atoms with Crippen molar-refractivity contribution in [1.29, 1.82) is 0 Å². The van der Waals surface area contributed by atoms with E-state index in [9.17, 15) is 9.59 Å². The van der Waals surface area contributed by atoms with Gasteiger partial charge in [0.2, 0.25) is 3.79 Å². The van der Waals surface area contributed by atoms with E-state index in [1.165, 1.54) is 19.3 Å². The van der Waals surface area contributed by atoms with Gasteiger partial charge in [0, 0.05) is 39.8 Å². The Morgan fingerprint density at radius 1 is 0.909 bits per heavy atom. The van der Waals surface area contributed by atoms with Crippen molar-refractivity contribution in [2.75, 3.05) is 0 Å². The Labute approximate surface area is 143 Å². The van der Waals surface area contributed by atoms with E-state index in [1.807, 2.05) is 30.3 Å². The van der Waals surface area contributed by atoms with Crippen molar-refractivity contribution in [3.63, 3.8) is 0 Å². The molecule has 0 saturated heterocycles. The molecule has 1 aliphatic rings. The predicted molar refractivity (Wildman–Crippen MR) is 96.6 cm³/mol. The summed E-state index contributed by atoms with van der Waals surface area (Å²) >= 11 is 1.79. The summed E-state index contributed by atoms with van der Waals surface area (Å²) in [7, 11) is 0. The van der Waals surface area contributed by atoms with E-state index in [4.69, 9.17) is 0 Å². The number of carbonyl (C=O) groups excluding carboxylic acids is 2. The van der Waals surface area contributed by atoms with Crippen molar-refractivity contribution in [2.24, 2.45) is 0 Å². The predicted octanol–water partition coefficient (Wildman–Crippen LogP) is 4.48. The fraction of sp³-hybridized carbons (Fsp3) is 0.333. The summed E-state index contributed by atoms with van der Waals surface area (Å²) < 4.78 is 0.0265. The molecule has 22 heavy (non-hydrogen) atoms. The molecule has 3 rings (SSSR count). The zero-order chi connectivity index (χ0) is 15.5. The second-order valence-electron chi connectivity index (χ2n) is 5.86. The Balaban J connectivity index is 1.80. The van der Waals surface area contributed by atoms with Gasteiger partial charge in [-0.3, -0.25) is 9.59 Å². The first kappa shape index (κ1) is 15.5. The minimum absolute atomic E-state index is 0.00263. The first-order valence-electron chi connectivity index (χ1n) is 7.68. The molecule has 0 spiro atoms. The van der Waals surface area contributed by atoms with E-state index in [0.717, 1.165) is 23.6 Å². The number of rotatable bonds is 3. The molecule has 1 N–H and O–H groups in total. The number of hydrogen-bond donors (Lipinski definition) is 1. The van der Waals surface area contributed by atoms with Gasteiger partial charge in [0.15, 0.2) is 0 Å². The Hall–Kier alpha value is -1.43. The minimum Gasteiger partial charge on any atom is -0.349 e. The van der Waals surface area contributed by atoms with Crippen molar-refractivity contribution in [3.05, 3.63) is 47.5 Å². The van der Waals surface area contributed by atoms with Crippen molar-refractivity contribution in [2.45, 2.75) is 38.1 Å². The lowest BCUT2D eigenvalue weighted by molar-refractivity contribution is 0.0927. The highest BCUT2D eigenvalue weighted by Gasteiger charge is 2.16. The molecule has 4 heteroatoms. The van der Waals surface area contributed by atoms with Crippen LogP contribution in [0.15, 0.2) is 36.4 Å². The number of hydrogen-bond acceptors (Lipinski definition) is 2. The highest BCUT2D eigenvalue weighted by Crippen LogP contribution is 2.21. The van der Waals surface area contributed by atoms with Crippen molar-refractivity contribution < 1.29 is 9.59 Å². The van der Waals surface area contributed by atoms with E-state index in [-0.39, 0.29) is 9.70 Å². The maximum Gasteiger partial charge on any atom is 0.251 e. The van der Waals surface area contributed by atoms with Crippen LogP contribution in [0, 0.1) is 0 Å². The smallest absolute Gasteiger partial charge is 0.251 e. The van der Waals surface area contributed by atoms with Gasteiger partial charge in [0.05, 0.1) is 0 Å². The monoisotopic (exact) mass is 407 g/mol. The average Bonchev–Trinajstić information content (AvgIpc) is 2.54. The number of carbonyl (C=O) groups is 2. The normalized spacial score (nSPS) is 15.7. The van der Waals surface area contributed by atoms with Gasteiger partial charge in [-0.05, 0) is 47.9 Å². The second-order valence-corrected chi connectivity index (χ2v) is 6.84. The summed E-state index contributed by atoms with van der Waals surface area (Å²) in [5.74, 6) is 0.00263. The molecule has 0 aromatic heterocycles. The van der Waals surface area contributed by atoms with Gasteiger partial charge in [0.25, 0.3) is 5.91 Å². The third-order valence-corrected chi connectivity index (χ3v) is 4.89. The van der Waals surface area contributed by atoms with Crippen LogP contribution in [0.25, 0.3) is 10.8 Å². The van der Waals surface area contributed by atoms with Gasteiger partial charge in [-0.2, -0.15) is 0 Å². The molecule has 1 saturated carbocycles. The Bertz CT molecular complexity index is 720. The Kier molecular flexibility index (Phi) is 4.76. The first-order chi connectivity index (χ1) is 10.6. The Morgan fingerprint density at radius 3 is 2.14 bits per heavy atom. The number of amides is 1. The summed E-state index contributed by atoms with van der Waals surface area (Å²) in [4.78, 5) is 23.8. The molecule has 1 fully saturated rings. The topological polar surface area (TPSA) is 46.2 Å². The van der Waals surface area contributed by atoms with Crippen LogP contribution in [-0.4, -0.2) is 15.7 Å². The van der Waals surface area contributed by atoms with Crippen LogP contribution in [0.3, 0.4) is 0 Å². The third-order valence-electron chi connectivity index (χ3n) is 4.27. The molecular formula is C18H18INO2. The first-order valence-corrected chi connectivity index (χ1v) is 8.76. The van der Waals surface area contributed by atoms with Crippen LogP contribution >= 0.6 is 22.6 Å². The third kappa shape index (κ3) is 3.48. The van der Waals surface area contributed by atoms with Crippen LogP contribution in [0.4, 0.5) is 0 Å². The van der Waals surface area contributed by atoms with Crippen LogP contribution in [0.5, 0.6) is 0 Å². The van der Waals surface area contributed by atoms with Gasteiger partial charge < -0.3 is 5.32 Å². The zero-order valence-electron chi connectivity index (χ0n) is 12.3. The molecule has 114 valence electrons. The van der Waals surface area contributed by atoms with Crippen molar-refractivity contribution >= 4 is 43.1 Å². The summed E-state index contributed by atoms with van der Waals surface area (Å²) in [5, 5.41) is 5.10. The van der Waals surface area contributed by atoms with E-state index in [1.54, 1.807) is 28.7 Å². The van der Waals surface area contributed by atoms with Crippen LogP contribution in [0.1, 0.15) is 52.8 Å². The molecular weight excluding hydrogens is 389 g/mol. The average molecular weight is 407 g/mol. The molecule has 2 aromatic rings. The van der Waals surface area contributed by atoms with E-state index in [0.29, 0.717) is 17.2 Å². The summed E-state index contributed by atoms with van der Waals surface area (Å²) in [5.41, 5.74) is 1.37. The largest absolute Gasteiger partial charge is 0.349 e. The summed E-state index contributed by atoms with van der Waals surface area (Å²) in [6, 6.07) is 11.5. The minimum atomic E-state index is 0.00263. The van der Waals surface area contributed by atoms with Crippen molar-refractivity contribution in [3.8, 4) is 0 Å². The number of halogens is 1. The summed E-state index contributed by atoms with van der Waals surface area (Å²) in [6.07, 6.45) is 5.85. The lowest BCUT2D eigenvalue weighted by Crippen LogP contribution is -2.36. The van der Waals surface area contributed by atoms with Gasteiger partial charge in [-0.1, -0.05) is 31.4 Å². The quantitative estimate of drug-likeness (QED) is 0.603. The van der Waals surface area contributed by atoms with Crippen LogP contribution < -0.4 is 5.32 Å². The molecule has 2 aromatic carbocycles. The van der Waals surface area contributed by atoms with Gasteiger partial charge in [-0.15, -0.1) is 0 Å². The fourth-order valence-corrected chi connectivity index (χ4v) is 3.36. The van der Waals surface area contributed by atoms with E-state index in [2.05, 4.69) is 5.32 Å². The lowest BCUT2D eigenvalue weighted by Gasteiger charge is -2.22. The number of benzene rings is 2. The van der Waals surface area contributed by atoms with E-state index < -0.39 is 0 Å². The lowest BCUT2D eigenvalue weighted by atomic mass is 9.95. The van der Waals surface area contributed by atoms with Gasteiger partial charge >= 0.3 is 0 Å². The maximum absolute atomic E-state index is 12.4. The maximum atomic E-state index is 12.4. The number of fused-ring (bicyclic) bond motifs is 1. The zero-order valence-corrected chi connectivity index (χ0v) is 14.4. The van der Waals surface area contributed by atoms with Crippen LogP contribution in [0.2, 0.25) is 0 Å². The summed E-state index contributed by atoms with van der Waals surface area (Å²) in [6.45, 7) is 0. The fourth-order valence-electron chi connectivity index (χ4n) is 3.02. The molecule has 3 nitrogen and oxygen atoms in total. The Morgan fingerprint density at radius 2 is 1.50 bits per heavy atom. The van der Waals surface area contributed by atoms with Crippen LogP contribution in [-0.2, 0) is 0 Å². The molecule has 0 bridgehead atoms. The highest BCUT2D eigenvalue weighted by atomic mass is 127. The number of nitrogens with one attached hydrogen (secondary N) is 1. The molecule has 0 radical (unpaired) electrons. The molecule has 1 aliphatic carbocycles. The van der Waals surface area contributed by atoms with E-state index >= 15 is 0 Å². The molecule has 0 heterocycles. The highest BCUT2D eigenvalue weighted by molar-refractivity contribution is 14.1. The molecule has 0 unspecified atom stereocenters. The van der Waals surface area contributed by atoms with Gasteiger partial charge in [0.1, 0.15) is 0 Å². The standard InChI is InChI=1S/C18H18INO2/c19-17(21)14-8-6-13-11-15(9-7-12(13)10-14)18(22)20-16-4-2-1-3-5-16/h6-11,16H,1-5H2,(H,20,22). The molecule has 0 atom stereocenters. The van der Waals surface area contributed by atoms with Crippen molar-refractivity contribution in [1.82, 2.24) is 5.32 Å². The molecule has 0 aliphatic heterocycles. The molecule has 1 amide bonds. The van der Waals surface area contributed by atoms with Gasteiger partial charge in [-0.25, -0.2) is 0 Å². The SMILES string of the molecule is O=C(I)c1ccc2cc(C(=O)NC3CCCCC3)ccc2c1. The second kappa shape index (κ2) is 6.77.